The monoisotopic (exact) mass is 330 g/mol. The highest BCUT2D eigenvalue weighted by Gasteiger charge is 2.66. The van der Waals surface area contributed by atoms with Crippen molar-refractivity contribution in [3.8, 4) is 0 Å². The van der Waals surface area contributed by atoms with Crippen LogP contribution in [0.1, 0.15) is 33.3 Å². The molecule has 0 saturated heterocycles. The van der Waals surface area contributed by atoms with Crippen LogP contribution in [0.4, 0.5) is 0 Å². The molecule has 1 unspecified atom stereocenters. The average molecular weight is 332 g/mol. The van der Waals surface area contributed by atoms with Gasteiger partial charge in [-0.15, -0.1) is 0 Å². The number of aliphatic hydroxyl groups is 1. The van der Waals surface area contributed by atoms with Gasteiger partial charge in [0.1, 0.15) is 0 Å². The average Bonchev–Trinajstić information content (AvgIpc) is 2.62. The summed E-state index contributed by atoms with van der Waals surface area (Å²) in [5.74, 6) is 0.338. The lowest BCUT2D eigenvalue weighted by Crippen LogP contribution is -2.17. The molecule has 0 amide bonds. The van der Waals surface area contributed by atoms with Gasteiger partial charge in [-0.2, -0.15) is 0 Å². The number of hydrogen-bond donors (Lipinski definition) is 1. The third kappa shape index (κ3) is 2.23. The van der Waals surface area contributed by atoms with Crippen molar-refractivity contribution in [1.82, 2.24) is 0 Å². The second-order valence-corrected chi connectivity index (χ2v) is 7.75. The number of hydrogen-bond acceptors (Lipinski definition) is 1. The zero-order chi connectivity index (χ0) is 13.7. The molecule has 1 nitrogen and oxygen atoms in total. The predicted molar refractivity (Wildman–Crippen MR) is 79.9 cm³/mol. The van der Waals surface area contributed by atoms with Crippen LogP contribution in [0.2, 0.25) is 5.02 Å². The van der Waals surface area contributed by atoms with Gasteiger partial charge < -0.3 is 5.11 Å². The Morgan fingerprint density at radius 2 is 1.83 bits per heavy atom. The summed E-state index contributed by atoms with van der Waals surface area (Å²) in [4.78, 5) is 0. The molecule has 0 bridgehead atoms. The topological polar surface area (TPSA) is 20.2 Å². The van der Waals surface area contributed by atoms with Gasteiger partial charge in [-0.25, -0.2) is 0 Å². The molecule has 1 aliphatic rings. The zero-order valence-corrected chi connectivity index (χ0v) is 13.6. The first-order chi connectivity index (χ1) is 8.18. The van der Waals surface area contributed by atoms with Gasteiger partial charge in [-0.05, 0) is 34.4 Å². The molecule has 1 aromatic carbocycles. The quantitative estimate of drug-likeness (QED) is 0.852. The van der Waals surface area contributed by atoms with Gasteiger partial charge >= 0.3 is 0 Å². The fourth-order valence-corrected chi connectivity index (χ4v) is 3.99. The molecular formula is C15H20BrClO. The SMILES string of the molecule is CC1(C)C(C(O)Cc2ccc(Br)cc2Cl)C1(C)C. The molecule has 0 aromatic heterocycles. The molecular weight excluding hydrogens is 312 g/mol. The first kappa shape index (κ1) is 14.4. The van der Waals surface area contributed by atoms with Crippen molar-refractivity contribution in [3.05, 3.63) is 33.3 Å². The van der Waals surface area contributed by atoms with Crippen LogP contribution in [0.15, 0.2) is 22.7 Å². The van der Waals surface area contributed by atoms with Crippen molar-refractivity contribution in [2.75, 3.05) is 0 Å². The normalized spacial score (nSPS) is 22.8. The third-order valence-corrected chi connectivity index (χ3v) is 5.81. The predicted octanol–water partition coefficient (Wildman–Crippen LogP) is 4.69. The van der Waals surface area contributed by atoms with Gasteiger partial charge in [0.05, 0.1) is 6.10 Å². The third-order valence-electron chi connectivity index (χ3n) is 4.96. The largest absolute Gasteiger partial charge is 0.392 e. The van der Waals surface area contributed by atoms with Gasteiger partial charge in [-0.1, -0.05) is 61.3 Å². The lowest BCUT2D eigenvalue weighted by Gasteiger charge is -2.14. The van der Waals surface area contributed by atoms with Crippen molar-refractivity contribution in [1.29, 1.82) is 0 Å². The Kier molecular flexibility index (Phi) is 3.59. The van der Waals surface area contributed by atoms with Crippen molar-refractivity contribution in [2.24, 2.45) is 16.7 Å². The van der Waals surface area contributed by atoms with Gasteiger partial charge in [-0.3, -0.25) is 0 Å². The van der Waals surface area contributed by atoms with E-state index >= 15 is 0 Å². The number of benzene rings is 1. The van der Waals surface area contributed by atoms with Gasteiger partial charge in [0.2, 0.25) is 0 Å². The lowest BCUT2D eigenvalue weighted by atomic mass is 9.99. The minimum absolute atomic E-state index is 0.203. The Bertz CT molecular complexity index is 454. The molecule has 1 saturated carbocycles. The Balaban J connectivity index is 2.12. The highest BCUT2D eigenvalue weighted by atomic mass is 79.9. The molecule has 18 heavy (non-hydrogen) atoms. The van der Waals surface area contributed by atoms with E-state index in [1.807, 2.05) is 18.2 Å². The van der Waals surface area contributed by atoms with E-state index in [1.165, 1.54) is 0 Å². The standard InChI is InChI=1S/C15H20BrClO/c1-14(2)13(15(14,3)4)12(18)7-9-5-6-10(16)8-11(9)17/h5-6,8,12-13,18H,7H2,1-4H3. The maximum Gasteiger partial charge on any atom is 0.0619 e. The molecule has 1 aliphatic carbocycles. The first-order valence-electron chi connectivity index (χ1n) is 6.30. The van der Waals surface area contributed by atoms with E-state index in [-0.39, 0.29) is 16.9 Å². The Labute approximate surface area is 123 Å². The van der Waals surface area contributed by atoms with E-state index in [0.29, 0.717) is 12.3 Å². The summed E-state index contributed by atoms with van der Waals surface area (Å²) < 4.78 is 0.970. The summed E-state index contributed by atoms with van der Waals surface area (Å²) in [6.45, 7) is 8.91. The molecule has 1 fully saturated rings. The number of halogens is 2. The lowest BCUT2D eigenvalue weighted by molar-refractivity contribution is 0.129. The molecule has 0 radical (unpaired) electrons. The second-order valence-electron chi connectivity index (χ2n) is 6.43. The van der Waals surface area contributed by atoms with Crippen LogP contribution in [-0.2, 0) is 6.42 Å². The summed E-state index contributed by atoms with van der Waals surface area (Å²) in [5.41, 5.74) is 1.42. The minimum Gasteiger partial charge on any atom is -0.392 e. The molecule has 0 aliphatic heterocycles. The van der Waals surface area contributed by atoms with Crippen molar-refractivity contribution >= 4 is 27.5 Å². The maximum absolute atomic E-state index is 10.4. The second kappa shape index (κ2) is 4.50. The van der Waals surface area contributed by atoms with Crippen LogP contribution in [-0.4, -0.2) is 11.2 Å². The molecule has 0 spiro atoms. The minimum atomic E-state index is -0.325. The van der Waals surface area contributed by atoms with E-state index < -0.39 is 0 Å². The molecule has 1 atom stereocenters. The van der Waals surface area contributed by atoms with E-state index in [9.17, 15) is 5.11 Å². The van der Waals surface area contributed by atoms with Gasteiger partial charge in [0.25, 0.3) is 0 Å². The van der Waals surface area contributed by atoms with Crippen LogP contribution >= 0.6 is 27.5 Å². The summed E-state index contributed by atoms with van der Waals surface area (Å²) in [5, 5.41) is 11.2. The summed E-state index contributed by atoms with van der Waals surface area (Å²) >= 11 is 9.59. The molecule has 100 valence electrons. The smallest absolute Gasteiger partial charge is 0.0619 e. The van der Waals surface area contributed by atoms with Gasteiger partial charge in [0.15, 0.2) is 0 Å². The van der Waals surface area contributed by atoms with E-state index in [4.69, 9.17) is 11.6 Å². The van der Waals surface area contributed by atoms with Crippen molar-refractivity contribution in [2.45, 2.75) is 40.2 Å². The highest BCUT2D eigenvalue weighted by molar-refractivity contribution is 9.10. The molecule has 0 heterocycles. The summed E-state index contributed by atoms with van der Waals surface area (Å²) in [6, 6.07) is 5.84. The first-order valence-corrected chi connectivity index (χ1v) is 7.47. The molecule has 1 aromatic rings. The van der Waals surface area contributed by atoms with E-state index in [1.54, 1.807) is 0 Å². The van der Waals surface area contributed by atoms with Gasteiger partial charge in [0, 0.05) is 15.9 Å². The fraction of sp³-hybridized carbons (Fsp3) is 0.600. The Morgan fingerprint density at radius 3 is 2.28 bits per heavy atom. The summed E-state index contributed by atoms with van der Waals surface area (Å²) in [7, 11) is 0. The van der Waals surface area contributed by atoms with Crippen LogP contribution in [0, 0.1) is 16.7 Å². The Morgan fingerprint density at radius 1 is 1.28 bits per heavy atom. The fourth-order valence-electron chi connectivity index (χ4n) is 3.24. The summed E-state index contributed by atoms with van der Waals surface area (Å²) in [6.07, 6.45) is 0.303. The van der Waals surface area contributed by atoms with Crippen LogP contribution in [0.25, 0.3) is 0 Å². The maximum atomic E-state index is 10.4. The zero-order valence-electron chi connectivity index (χ0n) is 11.3. The van der Waals surface area contributed by atoms with Crippen LogP contribution in [0.3, 0.4) is 0 Å². The van der Waals surface area contributed by atoms with Crippen molar-refractivity contribution in [3.63, 3.8) is 0 Å². The highest BCUT2D eigenvalue weighted by Crippen LogP contribution is 2.69. The van der Waals surface area contributed by atoms with E-state index in [0.717, 1.165) is 15.1 Å². The number of aliphatic hydroxyl groups excluding tert-OH is 1. The van der Waals surface area contributed by atoms with Crippen LogP contribution < -0.4 is 0 Å². The number of rotatable bonds is 3. The molecule has 2 rings (SSSR count). The Hall–Kier alpha value is -0.0500. The molecule has 3 heteroatoms. The molecule has 1 N–H and O–H groups in total. The van der Waals surface area contributed by atoms with Crippen molar-refractivity contribution < 1.29 is 5.11 Å². The van der Waals surface area contributed by atoms with E-state index in [2.05, 4.69) is 43.6 Å². The van der Waals surface area contributed by atoms with Crippen LogP contribution in [0.5, 0.6) is 0 Å².